The molecule has 5 nitrogen and oxygen atoms in total. The highest BCUT2D eigenvalue weighted by atomic mass is 35.5. The average Bonchev–Trinajstić information content (AvgIpc) is 2.93. The maximum absolute atomic E-state index is 12.5. The van der Waals surface area contributed by atoms with Crippen molar-refractivity contribution in [1.29, 1.82) is 0 Å². The standard InChI is InChI=1S/C20H19ClN2O3/c21-17-9-5-4-8-16(17)10-18(24)22-13-20(14-22)11-19(25)23(26-20)12-15-6-2-1-3-7-15/h1-9H,10-14H2. The second kappa shape index (κ2) is 6.74. The summed E-state index contributed by atoms with van der Waals surface area (Å²) in [6, 6.07) is 17.1. The van der Waals surface area contributed by atoms with Gasteiger partial charge in [-0.25, -0.2) is 5.06 Å². The molecule has 4 rings (SSSR count). The molecule has 2 aliphatic heterocycles. The van der Waals surface area contributed by atoms with Crippen molar-refractivity contribution in [2.75, 3.05) is 13.1 Å². The van der Waals surface area contributed by atoms with E-state index in [1.54, 1.807) is 11.0 Å². The molecule has 0 bridgehead atoms. The molecule has 0 saturated carbocycles. The molecule has 0 unspecified atom stereocenters. The Hall–Kier alpha value is -2.37. The van der Waals surface area contributed by atoms with Crippen molar-refractivity contribution >= 4 is 23.4 Å². The number of amides is 2. The van der Waals surface area contributed by atoms with Gasteiger partial charge in [0.15, 0.2) is 0 Å². The van der Waals surface area contributed by atoms with Crippen LogP contribution in [0, 0.1) is 0 Å². The van der Waals surface area contributed by atoms with Crippen molar-refractivity contribution in [2.45, 2.75) is 25.0 Å². The Bertz CT molecular complexity index is 834. The van der Waals surface area contributed by atoms with E-state index in [9.17, 15) is 9.59 Å². The lowest BCUT2D eigenvalue weighted by atomic mass is 9.90. The van der Waals surface area contributed by atoms with Crippen LogP contribution in [0.25, 0.3) is 0 Å². The molecule has 2 amide bonds. The van der Waals surface area contributed by atoms with E-state index in [1.165, 1.54) is 5.06 Å². The lowest BCUT2D eigenvalue weighted by Gasteiger charge is -2.46. The van der Waals surface area contributed by atoms with Crippen LogP contribution in [-0.2, 0) is 27.4 Å². The molecule has 2 saturated heterocycles. The number of hydrogen-bond acceptors (Lipinski definition) is 3. The van der Waals surface area contributed by atoms with E-state index >= 15 is 0 Å². The Morgan fingerprint density at radius 2 is 1.77 bits per heavy atom. The fourth-order valence-corrected chi connectivity index (χ4v) is 3.66. The van der Waals surface area contributed by atoms with Crippen LogP contribution in [0.1, 0.15) is 17.5 Å². The van der Waals surface area contributed by atoms with E-state index in [0.717, 1.165) is 11.1 Å². The molecular weight excluding hydrogens is 352 g/mol. The van der Waals surface area contributed by atoms with E-state index in [1.807, 2.05) is 48.5 Å². The SMILES string of the molecule is O=C(Cc1ccccc1Cl)N1CC2(CC(=O)N(Cc3ccccc3)O2)C1. The zero-order valence-electron chi connectivity index (χ0n) is 14.2. The number of carbonyl (C=O) groups excluding carboxylic acids is 2. The molecule has 26 heavy (non-hydrogen) atoms. The van der Waals surface area contributed by atoms with Gasteiger partial charge in [-0.15, -0.1) is 0 Å². The van der Waals surface area contributed by atoms with Gasteiger partial charge >= 0.3 is 0 Å². The monoisotopic (exact) mass is 370 g/mol. The summed E-state index contributed by atoms with van der Waals surface area (Å²) in [5.41, 5.74) is 1.26. The summed E-state index contributed by atoms with van der Waals surface area (Å²) >= 11 is 6.12. The minimum Gasteiger partial charge on any atom is -0.336 e. The minimum absolute atomic E-state index is 0.00119. The van der Waals surface area contributed by atoms with Crippen molar-refractivity contribution in [3.63, 3.8) is 0 Å². The van der Waals surface area contributed by atoms with Crippen LogP contribution in [0.2, 0.25) is 5.02 Å². The molecule has 2 aromatic carbocycles. The van der Waals surface area contributed by atoms with Gasteiger partial charge < -0.3 is 4.90 Å². The fraction of sp³-hybridized carbons (Fsp3) is 0.300. The van der Waals surface area contributed by atoms with E-state index < -0.39 is 5.60 Å². The van der Waals surface area contributed by atoms with Crippen molar-refractivity contribution in [2.24, 2.45) is 0 Å². The van der Waals surface area contributed by atoms with Gasteiger partial charge in [-0.2, -0.15) is 0 Å². The van der Waals surface area contributed by atoms with Gasteiger partial charge in [-0.05, 0) is 17.2 Å². The van der Waals surface area contributed by atoms with E-state index in [0.29, 0.717) is 31.1 Å². The highest BCUT2D eigenvalue weighted by molar-refractivity contribution is 6.31. The van der Waals surface area contributed by atoms with Crippen LogP contribution in [-0.4, -0.2) is 40.5 Å². The molecule has 6 heteroatoms. The molecule has 2 fully saturated rings. The van der Waals surface area contributed by atoms with Crippen LogP contribution < -0.4 is 0 Å². The van der Waals surface area contributed by atoms with Crippen LogP contribution in [0.15, 0.2) is 54.6 Å². The Morgan fingerprint density at radius 1 is 1.08 bits per heavy atom. The van der Waals surface area contributed by atoms with Crippen molar-refractivity contribution < 1.29 is 14.4 Å². The van der Waals surface area contributed by atoms with E-state index in [-0.39, 0.29) is 18.2 Å². The topological polar surface area (TPSA) is 49.9 Å². The first-order valence-corrected chi connectivity index (χ1v) is 8.97. The zero-order valence-corrected chi connectivity index (χ0v) is 15.0. The third-order valence-corrected chi connectivity index (χ3v) is 5.20. The maximum Gasteiger partial charge on any atom is 0.249 e. The molecule has 0 atom stereocenters. The molecule has 2 aliphatic rings. The molecule has 2 aromatic rings. The molecular formula is C20H19ClN2O3. The van der Waals surface area contributed by atoms with E-state index in [2.05, 4.69) is 0 Å². The highest BCUT2D eigenvalue weighted by Crippen LogP contribution is 2.36. The Morgan fingerprint density at radius 3 is 2.50 bits per heavy atom. The number of nitrogens with zero attached hydrogens (tertiary/aromatic N) is 2. The normalized spacial score (nSPS) is 18.3. The summed E-state index contributed by atoms with van der Waals surface area (Å²) in [5.74, 6) is -0.0339. The Balaban J connectivity index is 1.34. The van der Waals surface area contributed by atoms with Crippen molar-refractivity contribution in [3.8, 4) is 0 Å². The predicted octanol–water partition coefficient (Wildman–Crippen LogP) is 2.83. The molecule has 134 valence electrons. The largest absolute Gasteiger partial charge is 0.336 e. The van der Waals surface area contributed by atoms with Crippen LogP contribution in [0.3, 0.4) is 0 Å². The highest BCUT2D eigenvalue weighted by Gasteiger charge is 2.54. The molecule has 1 spiro atoms. The number of benzene rings is 2. The Labute approximate surface area is 157 Å². The predicted molar refractivity (Wildman–Crippen MR) is 97.2 cm³/mol. The maximum atomic E-state index is 12.5. The number of carbonyl (C=O) groups is 2. The van der Waals surface area contributed by atoms with Gasteiger partial charge in [0.25, 0.3) is 0 Å². The third kappa shape index (κ3) is 3.32. The van der Waals surface area contributed by atoms with Gasteiger partial charge in [0.1, 0.15) is 5.60 Å². The second-order valence-corrected chi connectivity index (χ2v) is 7.29. The van der Waals surface area contributed by atoms with Crippen LogP contribution in [0.4, 0.5) is 0 Å². The number of hydroxylamine groups is 2. The summed E-state index contributed by atoms with van der Waals surface area (Å²) < 4.78 is 0. The van der Waals surface area contributed by atoms with Crippen LogP contribution >= 0.6 is 11.6 Å². The zero-order chi connectivity index (χ0) is 18.1. The van der Waals surface area contributed by atoms with Gasteiger partial charge in [-0.1, -0.05) is 60.1 Å². The van der Waals surface area contributed by atoms with E-state index in [4.69, 9.17) is 16.4 Å². The van der Waals surface area contributed by atoms with Gasteiger partial charge in [0.2, 0.25) is 11.8 Å². The van der Waals surface area contributed by atoms with Gasteiger partial charge in [0.05, 0.1) is 32.5 Å². The Kier molecular flexibility index (Phi) is 4.42. The second-order valence-electron chi connectivity index (χ2n) is 6.89. The average molecular weight is 371 g/mol. The van der Waals surface area contributed by atoms with Crippen molar-refractivity contribution in [1.82, 2.24) is 9.96 Å². The summed E-state index contributed by atoms with van der Waals surface area (Å²) in [6.45, 7) is 1.30. The summed E-state index contributed by atoms with van der Waals surface area (Å²) in [4.78, 5) is 32.4. The lowest BCUT2D eigenvalue weighted by Crippen LogP contribution is -2.63. The molecule has 0 aliphatic carbocycles. The third-order valence-electron chi connectivity index (χ3n) is 4.83. The lowest BCUT2D eigenvalue weighted by molar-refractivity contribution is -0.238. The molecule has 0 radical (unpaired) electrons. The summed E-state index contributed by atoms with van der Waals surface area (Å²) in [6.07, 6.45) is 0.577. The first kappa shape index (κ1) is 17.1. The minimum atomic E-state index is -0.567. The van der Waals surface area contributed by atoms with Gasteiger partial charge in [-0.3, -0.25) is 14.4 Å². The smallest absolute Gasteiger partial charge is 0.249 e. The first-order valence-electron chi connectivity index (χ1n) is 8.59. The van der Waals surface area contributed by atoms with Gasteiger partial charge in [0, 0.05) is 5.02 Å². The number of rotatable bonds is 4. The summed E-state index contributed by atoms with van der Waals surface area (Å²) in [5, 5.41) is 2.02. The quantitative estimate of drug-likeness (QED) is 0.831. The van der Waals surface area contributed by atoms with Crippen molar-refractivity contribution in [3.05, 3.63) is 70.7 Å². The first-order chi connectivity index (χ1) is 12.5. The number of hydrogen-bond donors (Lipinski definition) is 0. The number of likely N-dealkylation sites (tertiary alicyclic amines) is 1. The fourth-order valence-electron chi connectivity index (χ4n) is 3.46. The molecule has 0 N–H and O–H groups in total. The molecule has 2 heterocycles. The number of halogens is 1. The summed E-state index contributed by atoms with van der Waals surface area (Å²) in [7, 11) is 0. The van der Waals surface area contributed by atoms with Crippen LogP contribution in [0.5, 0.6) is 0 Å². The molecule has 0 aromatic heterocycles.